The minimum atomic E-state index is -2.04. The van der Waals surface area contributed by atoms with E-state index >= 15 is 0 Å². The predicted octanol–water partition coefficient (Wildman–Crippen LogP) is 11.0. The highest BCUT2D eigenvalue weighted by molar-refractivity contribution is 5.94. The lowest BCUT2D eigenvalue weighted by molar-refractivity contribution is -0.173. The number of allylic oxidation sites excluding steroid dienone is 2. The Bertz CT molecular complexity index is 958. The van der Waals surface area contributed by atoms with Gasteiger partial charge in [-0.2, -0.15) is 0 Å². The van der Waals surface area contributed by atoms with Gasteiger partial charge in [-0.25, -0.2) is 0 Å². The molecule has 0 bridgehead atoms. The number of rotatable bonds is 35. The molecule has 2 unspecified atom stereocenters. The molecule has 0 radical (unpaired) electrons. The number of hydrogen-bond acceptors (Lipinski definition) is 8. The highest BCUT2D eigenvalue weighted by atomic mass is 16.6. The first kappa shape index (κ1) is 47.5. The van der Waals surface area contributed by atoms with Gasteiger partial charge in [0.05, 0.1) is 0 Å². The molecule has 0 saturated heterocycles. The highest BCUT2D eigenvalue weighted by Crippen LogP contribution is 2.27. The Balaban J connectivity index is 2.39. The van der Waals surface area contributed by atoms with Crippen molar-refractivity contribution in [3.8, 4) is 0 Å². The quantitative estimate of drug-likeness (QED) is 0.0389. The van der Waals surface area contributed by atoms with Gasteiger partial charge in [0.1, 0.15) is 19.1 Å². The van der Waals surface area contributed by atoms with E-state index in [0.29, 0.717) is 0 Å². The molecule has 0 fully saturated rings. The molecular weight excluding hydrogens is 656 g/mol. The molecule has 8 nitrogen and oxygen atoms in total. The fourth-order valence-corrected chi connectivity index (χ4v) is 6.67. The second-order valence-corrected chi connectivity index (χ2v) is 15.0. The van der Waals surface area contributed by atoms with E-state index in [-0.39, 0.29) is 26.1 Å². The first-order valence-electron chi connectivity index (χ1n) is 21.4. The zero-order valence-corrected chi connectivity index (χ0v) is 33.5. The van der Waals surface area contributed by atoms with E-state index in [0.717, 1.165) is 38.5 Å². The number of carbonyl (C=O) groups is 4. The van der Waals surface area contributed by atoms with Crippen molar-refractivity contribution in [3.05, 3.63) is 24.3 Å². The molecule has 1 N–H and O–H groups in total. The Labute approximate surface area is 317 Å². The zero-order valence-electron chi connectivity index (χ0n) is 33.5. The van der Waals surface area contributed by atoms with Crippen molar-refractivity contribution < 1.29 is 38.5 Å². The molecule has 1 rings (SSSR count). The van der Waals surface area contributed by atoms with Crippen molar-refractivity contribution in [1.29, 1.82) is 0 Å². The fourth-order valence-electron chi connectivity index (χ4n) is 6.67. The number of Topliss-reactive ketones (excluding diaryl/α,β-unsaturated/α-hetero) is 1. The number of ketones is 1. The Hall–Kier alpha value is -2.48. The van der Waals surface area contributed by atoms with Gasteiger partial charge in [-0.3, -0.25) is 19.2 Å². The molecule has 52 heavy (non-hydrogen) atoms. The minimum absolute atomic E-state index is 0.261. The third-order valence-corrected chi connectivity index (χ3v) is 10.2. The Morgan fingerprint density at radius 3 is 1.25 bits per heavy atom. The lowest BCUT2D eigenvalue weighted by atomic mass is 9.81. The zero-order chi connectivity index (χ0) is 38.1. The van der Waals surface area contributed by atoms with Crippen molar-refractivity contribution in [2.45, 2.75) is 212 Å². The Morgan fingerprint density at radius 1 is 0.558 bits per heavy atom. The number of aliphatic hydroxyl groups is 1. The van der Waals surface area contributed by atoms with E-state index in [2.05, 4.69) is 13.8 Å². The Morgan fingerprint density at radius 2 is 0.904 bits per heavy atom. The number of esters is 3. The van der Waals surface area contributed by atoms with Gasteiger partial charge < -0.3 is 19.3 Å². The summed E-state index contributed by atoms with van der Waals surface area (Å²) in [7, 11) is 0. The number of ether oxygens (including phenoxy) is 3. The average molecular weight is 733 g/mol. The van der Waals surface area contributed by atoms with Crippen molar-refractivity contribution in [2.24, 2.45) is 5.92 Å². The van der Waals surface area contributed by atoms with Crippen LogP contribution in [0.1, 0.15) is 201 Å². The van der Waals surface area contributed by atoms with Crippen LogP contribution >= 0.6 is 0 Å². The average Bonchev–Trinajstić information content (AvgIpc) is 3.13. The summed E-state index contributed by atoms with van der Waals surface area (Å²) >= 11 is 0. The monoisotopic (exact) mass is 733 g/mol. The normalized spacial score (nSPS) is 16.7. The first-order valence-corrected chi connectivity index (χ1v) is 21.4. The van der Waals surface area contributed by atoms with Crippen LogP contribution in [0.3, 0.4) is 0 Å². The van der Waals surface area contributed by atoms with Crippen LogP contribution < -0.4 is 0 Å². The lowest BCUT2D eigenvalue weighted by Gasteiger charge is -2.30. The van der Waals surface area contributed by atoms with Gasteiger partial charge in [0, 0.05) is 12.8 Å². The predicted molar refractivity (Wildman–Crippen MR) is 210 cm³/mol. The Kier molecular flexibility index (Phi) is 29.2. The maximum atomic E-state index is 13.1. The van der Waals surface area contributed by atoms with Crippen LogP contribution in [-0.4, -0.2) is 53.7 Å². The van der Waals surface area contributed by atoms with Crippen LogP contribution in [0.25, 0.3) is 0 Å². The molecule has 0 spiro atoms. The van der Waals surface area contributed by atoms with Crippen LogP contribution in [0.2, 0.25) is 0 Å². The summed E-state index contributed by atoms with van der Waals surface area (Å²) in [5.41, 5.74) is -2.04. The van der Waals surface area contributed by atoms with Crippen LogP contribution in [0.4, 0.5) is 0 Å². The lowest BCUT2D eigenvalue weighted by Crippen LogP contribution is -2.48. The molecule has 0 aromatic rings. The van der Waals surface area contributed by atoms with E-state index in [4.69, 9.17) is 14.2 Å². The molecular formula is C44H76O8. The second-order valence-electron chi connectivity index (χ2n) is 15.0. The van der Waals surface area contributed by atoms with Crippen molar-refractivity contribution >= 4 is 23.7 Å². The van der Waals surface area contributed by atoms with E-state index < -0.39 is 41.3 Å². The molecule has 300 valence electrons. The largest absolute Gasteiger partial charge is 0.462 e. The van der Waals surface area contributed by atoms with Gasteiger partial charge >= 0.3 is 17.9 Å². The molecule has 0 amide bonds. The van der Waals surface area contributed by atoms with Gasteiger partial charge in [-0.15, -0.1) is 0 Å². The summed E-state index contributed by atoms with van der Waals surface area (Å²) in [5.74, 6) is -3.52. The van der Waals surface area contributed by atoms with Crippen LogP contribution in [0.15, 0.2) is 24.3 Å². The molecule has 0 aromatic heterocycles. The standard InChI is InChI=1S/C44H76O8/c1-4-6-8-10-12-14-16-18-20-22-24-26-28-33-41(46)50-36-39(52-43(48)40-32-30-31-35-44(40,49)38(3)45)37-51-42(47)34-29-27-25-23-21-19-17-15-13-11-9-7-5-2/h30-32,35,39-40,49H,4-29,33-34,36-37H2,1-3H3. The number of hydrogen-bond donors (Lipinski definition) is 1. The third kappa shape index (κ3) is 24.0. The summed E-state index contributed by atoms with van der Waals surface area (Å²) in [6.45, 7) is 5.14. The van der Waals surface area contributed by atoms with Crippen molar-refractivity contribution in [2.75, 3.05) is 13.2 Å². The smallest absolute Gasteiger partial charge is 0.317 e. The van der Waals surface area contributed by atoms with E-state index in [9.17, 15) is 24.3 Å². The van der Waals surface area contributed by atoms with E-state index in [1.807, 2.05) is 0 Å². The summed E-state index contributed by atoms with van der Waals surface area (Å²) in [4.78, 5) is 50.4. The van der Waals surface area contributed by atoms with Gasteiger partial charge in [0.15, 0.2) is 17.5 Å². The van der Waals surface area contributed by atoms with Gasteiger partial charge in [0.2, 0.25) is 0 Å². The van der Waals surface area contributed by atoms with Crippen molar-refractivity contribution in [1.82, 2.24) is 0 Å². The molecule has 0 saturated carbocycles. The topological polar surface area (TPSA) is 116 Å². The number of carbonyl (C=O) groups excluding carboxylic acids is 4. The van der Waals surface area contributed by atoms with Crippen LogP contribution in [0, 0.1) is 5.92 Å². The molecule has 8 heteroatoms. The summed E-state index contributed by atoms with van der Waals surface area (Å²) in [6, 6.07) is 0. The van der Waals surface area contributed by atoms with E-state index in [1.54, 1.807) is 6.08 Å². The first-order chi connectivity index (χ1) is 25.2. The molecule has 0 aromatic carbocycles. The minimum Gasteiger partial charge on any atom is -0.462 e. The third-order valence-electron chi connectivity index (χ3n) is 10.2. The molecule has 1 aliphatic carbocycles. The molecule has 2 atom stereocenters. The van der Waals surface area contributed by atoms with Crippen LogP contribution in [-0.2, 0) is 33.4 Å². The second kappa shape index (κ2) is 32.0. The highest BCUT2D eigenvalue weighted by Gasteiger charge is 2.44. The summed E-state index contributed by atoms with van der Waals surface area (Å²) in [5, 5.41) is 10.9. The molecule has 0 heterocycles. The van der Waals surface area contributed by atoms with Gasteiger partial charge in [-0.05, 0) is 25.8 Å². The summed E-state index contributed by atoms with van der Waals surface area (Å²) in [6.07, 6.45) is 36.7. The van der Waals surface area contributed by atoms with Crippen molar-refractivity contribution in [3.63, 3.8) is 0 Å². The fraction of sp³-hybridized carbons (Fsp3) is 0.818. The SMILES string of the molecule is CCCCCCCCCCCCCCCC(=O)OCC(COC(=O)CCCCCCCCCCCCCCC)OC(=O)C1C=CC=CC1(O)C(C)=O. The number of unbranched alkanes of at least 4 members (excludes halogenated alkanes) is 24. The summed E-state index contributed by atoms with van der Waals surface area (Å²) < 4.78 is 16.5. The molecule has 0 aliphatic heterocycles. The van der Waals surface area contributed by atoms with Gasteiger partial charge in [-0.1, -0.05) is 186 Å². The maximum Gasteiger partial charge on any atom is 0.317 e. The maximum absolute atomic E-state index is 13.1. The van der Waals surface area contributed by atoms with Gasteiger partial charge in [0.25, 0.3) is 0 Å². The molecule has 1 aliphatic rings. The van der Waals surface area contributed by atoms with Crippen LogP contribution in [0.5, 0.6) is 0 Å². The van der Waals surface area contributed by atoms with E-state index in [1.165, 1.54) is 154 Å².